The molecule has 3 rings (SSSR count). The van der Waals surface area contributed by atoms with Gasteiger partial charge in [0.2, 0.25) is 10.0 Å². The number of nitrogens with zero attached hydrogens (tertiary/aromatic N) is 2. The van der Waals surface area contributed by atoms with Crippen molar-refractivity contribution in [1.82, 2.24) is 9.79 Å². The fraction of sp³-hybridized carbons (Fsp3) is 0.250. The van der Waals surface area contributed by atoms with Crippen LogP contribution in [-0.4, -0.2) is 25.8 Å². The lowest BCUT2D eigenvalue weighted by molar-refractivity contribution is -0.137. The highest BCUT2D eigenvalue weighted by molar-refractivity contribution is 7.89. The number of halogens is 3. The molecule has 1 heterocycles. The van der Waals surface area contributed by atoms with Crippen molar-refractivity contribution in [3.05, 3.63) is 77.0 Å². The SMILES string of the molecule is N#Cc1cccc(CONC2=CCN(S(=O)(=O)c3ccc(C(F)(F)F)cc3)CC2)c1. The molecule has 0 fully saturated rings. The first-order valence-electron chi connectivity index (χ1n) is 8.93. The van der Waals surface area contributed by atoms with E-state index in [0.717, 1.165) is 29.8 Å². The molecule has 30 heavy (non-hydrogen) atoms. The van der Waals surface area contributed by atoms with Gasteiger partial charge in [0.1, 0.15) is 0 Å². The molecule has 1 aliphatic rings. The van der Waals surface area contributed by atoms with Crippen molar-refractivity contribution in [2.75, 3.05) is 13.1 Å². The summed E-state index contributed by atoms with van der Waals surface area (Å²) < 4.78 is 64.5. The van der Waals surface area contributed by atoms with Crippen molar-refractivity contribution >= 4 is 10.0 Å². The molecule has 0 saturated heterocycles. The highest BCUT2D eigenvalue weighted by Gasteiger charge is 2.32. The molecule has 0 bridgehead atoms. The Morgan fingerprint density at radius 3 is 2.50 bits per heavy atom. The molecule has 10 heteroatoms. The highest BCUT2D eigenvalue weighted by Crippen LogP contribution is 2.30. The topological polar surface area (TPSA) is 82.4 Å². The number of nitriles is 1. The van der Waals surface area contributed by atoms with Crippen LogP contribution in [0.5, 0.6) is 0 Å². The lowest BCUT2D eigenvalue weighted by Gasteiger charge is -2.26. The molecule has 2 aromatic carbocycles. The molecule has 0 radical (unpaired) electrons. The Hall–Kier alpha value is -2.87. The Morgan fingerprint density at radius 1 is 1.17 bits per heavy atom. The molecule has 6 nitrogen and oxygen atoms in total. The average Bonchev–Trinajstić information content (AvgIpc) is 2.74. The Labute approximate surface area is 172 Å². The zero-order valence-corrected chi connectivity index (χ0v) is 16.5. The third-order valence-electron chi connectivity index (χ3n) is 4.49. The van der Waals surface area contributed by atoms with Gasteiger partial charge in [-0.1, -0.05) is 12.1 Å². The van der Waals surface area contributed by atoms with E-state index >= 15 is 0 Å². The maximum absolute atomic E-state index is 12.7. The summed E-state index contributed by atoms with van der Waals surface area (Å²) >= 11 is 0. The van der Waals surface area contributed by atoms with Crippen LogP contribution in [0.15, 0.2) is 65.2 Å². The van der Waals surface area contributed by atoms with Crippen LogP contribution in [0.4, 0.5) is 13.2 Å². The Morgan fingerprint density at radius 2 is 1.90 bits per heavy atom. The molecular formula is C20H18F3N3O3S. The van der Waals surface area contributed by atoms with Gasteiger partial charge in [0.15, 0.2) is 0 Å². The summed E-state index contributed by atoms with van der Waals surface area (Å²) in [5.74, 6) is 0. The van der Waals surface area contributed by atoms with Crippen LogP contribution in [0, 0.1) is 11.3 Å². The number of hydrogen-bond acceptors (Lipinski definition) is 5. The zero-order valence-electron chi connectivity index (χ0n) is 15.7. The van der Waals surface area contributed by atoms with E-state index in [9.17, 15) is 21.6 Å². The second-order valence-corrected chi connectivity index (χ2v) is 8.51. The van der Waals surface area contributed by atoms with Gasteiger partial charge in [-0.05, 0) is 48.0 Å². The van der Waals surface area contributed by atoms with E-state index in [-0.39, 0.29) is 24.6 Å². The molecule has 158 valence electrons. The van der Waals surface area contributed by atoms with E-state index in [1.54, 1.807) is 24.3 Å². The minimum Gasteiger partial charge on any atom is -0.272 e. The fourth-order valence-corrected chi connectivity index (χ4v) is 4.25. The molecule has 0 spiro atoms. The number of hydroxylamine groups is 1. The van der Waals surface area contributed by atoms with E-state index in [0.29, 0.717) is 17.7 Å². The first-order valence-corrected chi connectivity index (χ1v) is 10.4. The maximum Gasteiger partial charge on any atom is 0.416 e. The largest absolute Gasteiger partial charge is 0.416 e. The minimum atomic E-state index is -4.52. The fourth-order valence-electron chi connectivity index (χ4n) is 2.87. The van der Waals surface area contributed by atoms with Gasteiger partial charge in [-0.3, -0.25) is 10.3 Å². The van der Waals surface area contributed by atoms with Gasteiger partial charge in [0.25, 0.3) is 0 Å². The Bertz CT molecular complexity index is 1070. The Balaban J connectivity index is 1.57. The van der Waals surface area contributed by atoms with Crippen LogP contribution in [-0.2, 0) is 27.6 Å². The van der Waals surface area contributed by atoms with Gasteiger partial charge >= 0.3 is 6.18 Å². The summed E-state index contributed by atoms with van der Waals surface area (Å²) in [6.07, 6.45) is -2.51. The number of benzene rings is 2. The smallest absolute Gasteiger partial charge is 0.272 e. The minimum absolute atomic E-state index is 0.0684. The predicted octanol–water partition coefficient (Wildman–Crippen LogP) is 3.58. The molecular weight excluding hydrogens is 419 g/mol. The van der Waals surface area contributed by atoms with E-state index < -0.39 is 21.8 Å². The third-order valence-corrected chi connectivity index (χ3v) is 6.37. The second kappa shape index (κ2) is 8.87. The van der Waals surface area contributed by atoms with Gasteiger partial charge in [-0.2, -0.15) is 22.7 Å². The van der Waals surface area contributed by atoms with Crippen LogP contribution in [0.1, 0.15) is 23.1 Å². The predicted molar refractivity (Wildman–Crippen MR) is 102 cm³/mol. The summed E-state index contributed by atoms with van der Waals surface area (Å²) in [5.41, 5.74) is 3.91. The van der Waals surface area contributed by atoms with Crippen LogP contribution in [0.3, 0.4) is 0 Å². The van der Waals surface area contributed by atoms with Gasteiger partial charge in [-0.15, -0.1) is 0 Å². The van der Waals surface area contributed by atoms with E-state index in [2.05, 4.69) is 5.48 Å². The molecule has 0 aliphatic carbocycles. The van der Waals surface area contributed by atoms with Crippen molar-refractivity contribution in [2.45, 2.75) is 24.1 Å². The molecule has 0 unspecified atom stereocenters. The van der Waals surface area contributed by atoms with Gasteiger partial charge in [-0.25, -0.2) is 8.42 Å². The van der Waals surface area contributed by atoms with Crippen LogP contribution in [0.2, 0.25) is 0 Å². The first kappa shape index (κ1) is 21.8. The summed E-state index contributed by atoms with van der Waals surface area (Å²) in [5, 5.41) is 8.89. The van der Waals surface area contributed by atoms with Gasteiger partial charge in [0, 0.05) is 25.2 Å². The zero-order chi connectivity index (χ0) is 21.8. The van der Waals surface area contributed by atoms with Crippen molar-refractivity contribution in [3.63, 3.8) is 0 Å². The van der Waals surface area contributed by atoms with E-state index in [1.165, 1.54) is 4.31 Å². The maximum atomic E-state index is 12.7. The standard InChI is InChI=1S/C20H18F3N3O3S/c21-20(22,23)17-4-6-19(7-5-17)30(27,28)26-10-8-18(9-11-26)25-29-14-16-3-1-2-15(12-16)13-24/h1-8,12,25H,9-11,14H2. The van der Waals surface area contributed by atoms with Crippen LogP contribution < -0.4 is 5.48 Å². The quantitative estimate of drug-likeness (QED) is 0.699. The first-order chi connectivity index (χ1) is 14.2. The van der Waals surface area contributed by atoms with E-state index in [4.69, 9.17) is 10.1 Å². The van der Waals surface area contributed by atoms with E-state index in [1.807, 2.05) is 12.1 Å². The van der Waals surface area contributed by atoms with Crippen molar-refractivity contribution in [1.29, 1.82) is 5.26 Å². The van der Waals surface area contributed by atoms with Gasteiger partial charge in [0.05, 0.1) is 28.7 Å². The number of sulfonamides is 1. The number of nitrogens with one attached hydrogen (secondary N) is 1. The summed E-state index contributed by atoms with van der Waals surface area (Å²) in [6.45, 7) is 0.453. The van der Waals surface area contributed by atoms with Gasteiger partial charge < -0.3 is 0 Å². The van der Waals surface area contributed by atoms with Crippen molar-refractivity contribution in [2.24, 2.45) is 0 Å². The highest BCUT2D eigenvalue weighted by atomic mass is 32.2. The number of rotatable bonds is 6. The Kier molecular flexibility index (Phi) is 6.45. The van der Waals surface area contributed by atoms with Crippen LogP contribution >= 0.6 is 0 Å². The summed E-state index contributed by atoms with van der Waals surface area (Å²) in [6, 6.07) is 12.5. The monoisotopic (exact) mass is 437 g/mol. The molecule has 0 aromatic heterocycles. The summed E-state index contributed by atoms with van der Waals surface area (Å²) in [4.78, 5) is 5.22. The number of hydrogen-bond donors (Lipinski definition) is 1. The molecule has 1 aliphatic heterocycles. The number of alkyl halides is 3. The lowest BCUT2D eigenvalue weighted by Crippen LogP contribution is -2.36. The third kappa shape index (κ3) is 5.18. The molecule has 2 aromatic rings. The van der Waals surface area contributed by atoms with Crippen LogP contribution in [0.25, 0.3) is 0 Å². The van der Waals surface area contributed by atoms with Crippen molar-refractivity contribution < 1.29 is 26.4 Å². The molecule has 0 saturated carbocycles. The normalized spacial score (nSPS) is 15.3. The second-order valence-electron chi connectivity index (χ2n) is 6.57. The molecule has 1 N–H and O–H groups in total. The van der Waals surface area contributed by atoms with Crippen molar-refractivity contribution in [3.8, 4) is 6.07 Å². The summed E-state index contributed by atoms with van der Waals surface area (Å²) in [7, 11) is -3.90. The lowest BCUT2D eigenvalue weighted by atomic mass is 10.1. The average molecular weight is 437 g/mol. The molecule has 0 amide bonds. The molecule has 0 atom stereocenters.